The van der Waals surface area contributed by atoms with E-state index in [9.17, 15) is 22.4 Å². The molecular formula is C18H13F4N3O2. The van der Waals surface area contributed by atoms with Gasteiger partial charge in [0.25, 0.3) is 5.91 Å². The number of nitrogens with zero attached hydrogens (tertiary/aromatic N) is 2. The van der Waals surface area contributed by atoms with Crippen molar-refractivity contribution >= 4 is 11.6 Å². The molecule has 0 aliphatic carbocycles. The zero-order valence-corrected chi connectivity index (χ0v) is 13.9. The van der Waals surface area contributed by atoms with Gasteiger partial charge in [-0.25, -0.2) is 9.07 Å². The number of methoxy groups -OCH3 is 1. The van der Waals surface area contributed by atoms with E-state index in [0.717, 1.165) is 18.2 Å². The Bertz CT molecular complexity index is 969. The number of alkyl halides is 3. The van der Waals surface area contributed by atoms with Crippen LogP contribution < -0.4 is 10.1 Å². The molecule has 0 saturated carbocycles. The maximum Gasteiger partial charge on any atom is 0.416 e. The summed E-state index contributed by atoms with van der Waals surface area (Å²) in [5.74, 6) is -1.59. The highest BCUT2D eigenvalue weighted by atomic mass is 19.4. The van der Waals surface area contributed by atoms with E-state index in [-0.39, 0.29) is 22.7 Å². The van der Waals surface area contributed by atoms with Crippen molar-refractivity contribution in [3.05, 3.63) is 71.8 Å². The van der Waals surface area contributed by atoms with Crippen LogP contribution >= 0.6 is 0 Å². The molecule has 9 heteroatoms. The van der Waals surface area contributed by atoms with Crippen LogP contribution in [0.3, 0.4) is 0 Å². The fourth-order valence-corrected chi connectivity index (χ4v) is 2.43. The van der Waals surface area contributed by atoms with E-state index in [1.807, 2.05) is 0 Å². The molecule has 27 heavy (non-hydrogen) atoms. The standard InChI is InChI=1S/C18H13F4N3O2/c1-27-16-6-3-11(9-13(16)19)17(26)24-14-10-12(18(20,21)22)4-5-15(14)25-8-2-7-23-25/h2-10H,1H3,(H,24,26). The minimum Gasteiger partial charge on any atom is -0.494 e. The van der Waals surface area contributed by atoms with Gasteiger partial charge in [0.15, 0.2) is 11.6 Å². The molecular weight excluding hydrogens is 366 g/mol. The quantitative estimate of drug-likeness (QED) is 0.688. The Hall–Kier alpha value is -3.36. The van der Waals surface area contributed by atoms with Crippen LogP contribution in [0.1, 0.15) is 15.9 Å². The molecule has 1 heterocycles. The van der Waals surface area contributed by atoms with Crippen LogP contribution in [0.4, 0.5) is 23.2 Å². The van der Waals surface area contributed by atoms with E-state index in [0.29, 0.717) is 0 Å². The van der Waals surface area contributed by atoms with Gasteiger partial charge in [-0.15, -0.1) is 0 Å². The SMILES string of the molecule is COc1ccc(C(=O)Nc2cc(C(F)(F)F)ccc2-n2cccn2)cc1F. The fourth-order valence-electron chi connectivity index (χ4n) is 2.43. The summed E-state index contributed by atoms with van der Waals surface area (Å²) in [6, 6.07) is 7.97. The molecule has 0 saturated heterocycles. The number of nitrogens with one attached hydrogen (secondary N) is 1. The third-order valence-electron chi connectivity index (χ3n) is 3.74. The number of halogens is 4. The largest absolute Gasteiger partial charge is 0.494 e. The van der Waals surface area contributed by atoms with Crippen molar-refractivity contribution in [3.8, 4) is 11.4 Å². The van der Waals surface area contributed by atoms with Gasteiger partial charge >= 0.3 is 6.18 Å². The number of carbonyl (C=O) groups is 1. The van der Waals surface area contributed by atoms with Gasteiger partial charge in [-0.3, -0.25) is 4.79 Å². The third kappa shape index (κ3) is 3.91. The average Bonchev–Trinajstić information content (AvgIpc) is 3.15. The number of anilines is 1. The Morgan fingerprint density at radius 3 is 2.56 bits per heavy atom. The summed E-state index contributed by atoms with van der Waals surface area (Å²) in [4.78, 5) is 12.4. The van der Waals surface area contributed by atoms with E-state index in [1.165, 1.54) is 42.4 Å². The van der Waals surface area contributed by atoms with E-state index >= 15 is 0 Å². The summed E-state index contributed by atoms with van der Waals surface area (Å²) in [7, 11) is 1.27. The Morgan fingerprint density at radius 2 is 1.96 bits per heavy atom. The molecule has 3 rings (SSSR count). The number of amides is 1. The molecule has 140 valence electrons. The third-order valence-corrected chi connectivity index (χ3v) is 3.74. The molecule has 1 aromatic heterocycles. The van der Waals surface area contributed by atoms with Crippen LogP contribution in [0.2, 0.25) is 0 Å². The van der Waals surface area contributed by atoms with E-state index < -0.39 is 23.5 Å². The Kier molecular flexibility index (Phi) is 4.85. The average molecular weight is 379 g/mol. The summed E-state index contributed by atoms with van der Waals surface area (Å²) in [5.41, 5.74) is -0.892. The van der Waals surface area contributed by atoms with Crippen molar-refractivity contribution in [1.82, 2.24) is 9.78 Å². The van der Waals surface area contributed by atoms with Gasteiger partial charge in [-0.1, -0.05) is 0 Å². The molecule has 1 N–H and O–H groups in total. The number of carbonyl (C=O) groups excluding carboxylic acids is 1. The van der Waals surface area contributed by atoms with Crippen LogP contribution in [0.15, 0.2) is 54.9 Å². The number of aromatic nitrogens is 2. The summed E-state index contributed by atoms with van der Waals surface area (Å²) < 4.78 is 59.0. The molecule has 0 radical (unpaired) electrons. The number of ether oxygens (including phenoxy) is 1. The molecule has 0 aliphatic heterocycles. The lowest BCUT2D eigenvalue weighted by Gasteiger charge is -2.15. The van der Waals surface area contributed by atoms with Crippen molar-refractivity contribution in [3.63, 3.8) is 0 Å². The number of benzene rings is 2. The van der Waals surface area contributed by atoms with Gasteiger partial charge in [0.2, 0.25) is 0 Å². The Labute approximate surface area is 151 Å². The maximum absolute atomic E-state index is 13.8. The number of hydrogen-bond acceptors (Lipinski definition) is 3. The first-order chi connectivity index (χ1) is 12.8. The van der Waals surface area contributed by atoms with Crippen LogP contribution in [0, 0.1) is 5.82 Å². The predicted octanol–water partition coefficient (Wildman–Crippen LogP) is 4.29. The maximum atomic E-state index is 13.8. The number of rotatable bonds is 4. The lowest BCUT2D eigenvalue weighted by Crippen LogP contribution is -2.16. The highest BCUT2D eigenvalue weighted by Crippen LogP contribution is 2.33. The van der Waals surface area contributed by atoms with Crippen molar-refractivity contribution in [2.45, 2.75) is 6.18 Å². The van der Waals surface area contributed by atoms with Crippen LogP contribution in [-0.2, 0) is 6.18 Å². The first-order valence-electron chi connectivity index (χ1n) is 7.66. The molecule has 0 unspecified atom stereocenters. The van der Waals surface area contributed by atoms with Crippen molar-refractivity contribution in [2.75, 3.05) is 12.4 Å². The minimum atomic E-state index is -4.59. The van der Waals surface area contributed by atoms with Crippen molar-refractivity contribution in [1.29, 1.82) is 0 Å². The molecule has 1 amide bonds. The van der Waals surface area contributed by atoms with Gasteiger partial charge in [0, 0.05) is 18.0 Å². The van der Waals surface area contributed by atoms with E-state index in [2.05, 4.69) is 10.4 Å². The molecule has 0 spiro atoms. The van der Waals surface area contributed by atoms with Crippen LogP contribution in [0.5, 0.6) is 5.75 Å². The molecule has 5 nitrogen and oxygen atoms in total. The normalized spacial score (nSPS) is 11.3. The van der Waals surface area contributed by atoms with Gasteiger partial charge in [0.05, 0.1) is 24.0 Å². The molecule has 0 atom stereocenters. The van der Waals surface area contributed by atoms with Crippen molar-refractivity contribution in [2.24, 2.45) is 0 Å². The monoisotopic (exact) mass is 379 g/mol. The van der Waals surface area contributed by atoms with Gasteiger partial charge in [-0.2, -0.15) is 18.3 Å². The fraction of sp³-hybridized carbons (Fsp3) is 0.111. The molecule has 3 aromatic rings. The zero-order valence-electron chi connectivity index (χ0n) is 13.9. The second kappa shape index (κ2) is 7.10. The van der Waals surface area contributed by atoms with Crippen molar-refractivity contribution < 1.29 is 27.1 Å². The van der Waals surface area contributed by atoms with Gasteiger partial charge in [-0.05, 0) is 42.5 Å². The lowest BCUT2D eigenvalue weighted by molar-refractivity contribution is -0.137. The minimum absolute atomic E-state index is 0.0529. The molecule has 0 fully saturated rings. The summed E-state index contributed by atoms with van der Waals surface area (Å²) >= 11 is 0. The summed E-state index contributed by atoms with van der Waals surface area (Å²) in [6.07, 6.45) is -1.62. The van der Waals surface area contributed by atoms with E-state index in [1.54, 1.807) is 6.07 Å². The lowest BCUT2D eigenvalue weighted by atomic mass is 10.1. The first-order valence-corrected chi connectivity index (χ1v) is 7.66. The van der Waals surface area contributed by atoms with Crippen LogP contribution in [-0.4, -0.2) is 22.8 Å². The molecule has 0 aliphatic rings. The zero-order chi connectivity index (χ0) is 19.6. The second-order valence-corrected chi connectivity index (χ2v) is 5.48. The number of hydrogen-bond donors (Lipinski definition) is 1. The molecule has 0 bridgehead atoms. The highest BCUT2D eigenvalue weighted by Gasteiger charge is 2.31. The second-order valence-electron chi connectivity index (χ2n) is 5.48. The first kappa shape index (κ1) is 18.4. The van der Waals surface area contributed by atoms with Gasteiger partial charge in [0.1, 0.15) is 0 Å². The van der Waals surface area contributed by atoms with E-state index in [4.69, 9.17) is 4.74 Å². The molecule has 2 aromatic carbocycles. The van der Waals surface area contributed by atoms with Gasteiger partial charge < -0.3 is 10.1 Å². The topological polar surface area (TPSA) is 56.1 Å². The Balaban J connectivity index is 1.99. The summed E-state index contributed by atoms with van der Waals surface area (Å²) in [6.45, 7) is 0. The smallest absolute Gasteiger partial charge is 0.416 e. The highest BCUT2D eigenvalue weighted by molar-refractivity contribution is 6.05. The Morgan fingerprint density at radius 1 is 1.19 bits per heavy atom. The predicted molar refractivity (Wildman–Crippen MR) is 89.5 cm³/mol. The van der Waals surface area contributed by atoms with Crippen LogP contribution in [0.25, 0.3) is 5.69 Å². The summed E-state index contributed by atoms with van der Waals surface area (Å²) in [5, 5.41) is 6.35.